The highest BCUT2D eigenvalue weighted by atomic mass is 16.5. The zero-order valence-electron chi connectivity index (χ0n) is 12.4. The molecule has 116 valence electrons. The quantitative estimate of drug-likeness (QED) is 0.723. The Kier molecular flexibility index (Phi) is 7.54. The number of piperidine rings is 2. The molecule has 0 saturated carbocycles. The maximum Gasteiger partial charge on any atom is 0.308 e. The molecule has 2 N–H and O–H groups in total. The monoisotopic (exact) mass is 286 g/mol. The van der Waals surface area contributed by atoms with Crippen molar-refractivity contribution in [3.05, 3.63) is 0 Å². The number of nitrogens with one attached hydrogen (secondary N) is 1. The van der Waals surface area contributed by atoms with Gasteiger partial charge in [0.25, 0.3) is 0 Å². The molecule has 2 saturated heterocycles. The molecule has 2 heterocycles. The average Bonchev–Trinajstić information content (AvgIpc) is 2.48. The van der Waals surface area contributed by atoms with Crippen LogP contribution in [0, 0.1) is 11.8 Å². The third-order valence-electron chi connectivity index (χ3n) is 3.94. The Labute approximate surface area is 120 Å². The van der Waals surface area contributed by atoms with Crippen molar-refractivity contribution in [3.8, 4) is 0 Å². The number of carboxylic acids is 1. The minimum absolute atomic E-state index is 0.0542. The first-order valence-electron chi connectivity index (χ1n) is 7.24. The Balaban J connectivity index is 0.000000200. The normalized spacial score (nSPS) is 21.7. The minimum atomic E-state index is -0.631. The summed E-state index contributed by atoms with van der Waals surface area (Å²) in [5, 5.41) is 11.8. The number of rotatable bonds is 2. The van der Waals surface area contributed by atoms with E-state index < -0.39 is 5.97 Å². The largest absolute Gasteiger partial charge is 0.481 e. The number of likely N-dealkylation sites (tertiary alicyclic amines) is 1. The van der Waals surface area contributed by atoms with Crippen molar-refractivity contribution in [2.24, 2.45) is 11.8 Å². The number of carbonyl (C=O) groups is 2. The zero-order chi connectivity index (χ0) is 15.0. The van der Waals surface area contributed by atoms with Crippen molar-refractivity contribution < 1.29 is 19.4 Å². The third-order valence-corrected chi connectivity index (χ3v) is 3.94. The smallest absolute Gasteiger partial charge is 0.308 e. The summed E-state index contributed by atoms with van der Waals surface area (Å²) in [5.74, 6) is -0.628. The summed E-state index contributed by atoms with van der Waals surface area (Å²) in [7, 11) is 3.47. The highest BCUT2D eigenvalue weighted by molar-refractivity contribution is 5.72. The number of hydrogen-bond donors (Lipinski definition) is 2. The molecule has 0 aromatic rings. The summed E-state index contributed by atoms with van der Waals surface area (Å²) in [6.45, 7) is 3.74. The van der Waals surface area contributed by atoms with Crippen LogP contribution in [0.15, 0.2) is 0 Å². The zero-order valence-corrected chi connectivity index (χ0v) is 12.4. The number of carbonyl (C=O) groups excluding carboxylic acids is 1. The summed E-state index contributed by atoms with van der Waals surface area (Å²) < 4.78 is 4.62. The van der Waals surface area contributed by atoms with Crippen LogP contribution in [0.2, 0.25) is 0 Å². The molecule has 6 heteroatoms. The van der Waals surface area contributed by atoms with Gasteiger partial charge < -0.3 is 20.1 Å². The van der Waals surface area contributed by atoms with Gasteiger partial charge in [0.1, 0.15) is 0 Å². The van der Waals surface area contributed by atoms with Crippen LogP contribution in [0.3, 0.4) is 0 Å². The fourth-order valence-electron chi connectivity index (χ4n) is 2.48. The second kappa shape index (κ2) is 8.92. The van der Waals surface area contributed by atoms with Crippen LogP contribution in [0.25, 0.3) is 0 Å². The topological polar surface area (TPSA) is 78.9 Å². The molecule has 2 rings (SSSR count). The Morgan fingerprint density at radius 1 is 1.10 bits per heavy atom. The molecule has 2 aliphatic rings. The van der Waals surface area contributed by atoms with E-state index in [1.165, 1.54) is 7.11 Å². The number of esters is 1. The molecule has 2 aliphatic heterocycles. The standard InChI is InChI=1S/2C7H13NO2/c1-10-7(9)6-2-4-8-5-3-6;1-8-4-2-6(3-5-8)7(9)10/h6,8H,2-5H2,1H3;6H,2-5H2,1H3,(H,9,10). The first-order valence-corrected chi connectivity index (χ1v) is 7.24. The van der Waals surface area contributed by atoms with Crippen LogP contribution < -0.4 is 5.32 Å². The van der Waals surface area contributed by atoms with E-state index in [0.29, 0.717) is 0 Å². The summed E-state index contributed by atoms with van der Waals surface area (Å²) >= 11 is 0. The van der Waals surface area contributed by atoms with E-state index in [2.05, 4.69) is 15.0 Å². The number of carboxylic acid groups (broad SMARTS) is 1. The van der Waals surface area contributed by atoms with Crippen LogP contribution in [0.1, 0.15) is 25.7 Å². The Morgan fingerprint density at radius 2 is 1.65 bits per heavy atom. The molecular weight excluding hydrogens is 260 g/mol. The lowest BCUT2D eigenvalue weighted by atomic mass is 9.98. The van der Waals surface area contributed by atoms with Gasteiger partial charge in [-0.3, -0.25) is 9.59 Å². The maximum absolute atomic E-state index is 10.9. The molecule has 0 aliphatic carbocycles. The Morgan fingerprint density at radius 3 is 2.10 bits per heavy atom. The van der Waals surface area contributed by atoms with Crippen molar-refractivity contribution in [1.82, 2.24) is 10.2 Å². The van der Waals surface area contributed by atoms with Gasteiger partial charge in [0.05, 0.1) is 18.9 Å². The van der Waals surface area contributed by atoms with E-state index in [1.807, 2.05) is 7.05 Å². The number of ether oxygens (including phenoxy) is 1. The van der Waals surface area contributed by atoms with Gasteiger partial charge in [-0.15, -0.1) is 0 Å². The number of aliphatic carboxylic acids is 1. The molecule has 0 atom stereocenters. The molecule has 2 fully saturated rings. The van der Waals surface area contributed by atoms with Crippen LogP contribution in [0.5, 0.6) is 0 Å². The molecule has 0 radical (unpaired) electrons. The third kappa shape index (κ3) is 5.88. The minimum Gasteiger partial charge on any atom is -0.481 e. The Hall–Kier alpha value is -1.14. The van der Waals surface area contributed by atoms with E-state index in [9.17, 15) is 9.59 Å². The van der Waals surface area contributed by atoms with Crippen LogP contribution >= 0.6 is 0 Å². The van der Waals surface area contributed by atoms with E-state index in [-0.39, 0.29) is 17.8 Å². The summed E-state index contributed by atoms with van der Waals surface area (Å²) in [5.41, 5.74) is 0. The highest BCUT2D eigenvalue weighted by Gasteiger charge is 2.22. The second-order valence-electron chi connectivity index (χ2n) is 5.46. The lowest BCUT2D eigenvalue weighted by molar-refractivity contribution is -0.146. The second-order valence-corrected chi connectivity index (χ2v) is 5.46. The summed E-state index contributed by atoms with van der Waals surface area (Å²) in [4.78, 5) is 23.5. The number of hydrogen-bond acceptors (Lipinski definition) is 5. The maximum atomic E-state index is 10.9. The highest BCUT2D eigenvalue weighted by Crippen LogP contribution is 2.15. The van der Waals surface area contributed by atoms with Gasteiger partial charge in [-0.2, -0.15) is 0 Å². The molecule has 20 heavy (non-hydrogen) atoms. The SMILES string of the molecule is CN1CCC(C(=O)O)CC1.COC(=O)C1CCNCC1. The van der Waals surface area contributed by atoms with Crippen molar-refractivity contribution in [2.45, 2.75) is 25.7 Å². The van der Waals surface area contributed by atoms with E-state index in [1.54, 1.807) is 0 Å². The van der Waals surface area contributed by atoms with Gasteiger partial charge >= 0.3 is 11.9 Å². The van der Waals surface area contributed by atoms with Crippen LogP contribution in [-0.4, -0.2) is 62.3 Å². The molecule has 0 amide bonds. The van der Waals surface area contributed by atoms with Crippen molar-refractivity contribution in [1.29, 1.82) is 0 Å². The number of methoxy groups -OCH3 is 1. The molecule has 0 unspecified atom stereocenters. The van der Waals surface area contributed by atoms with Gasteiger partial charge in [-0.25, -0.2) is 0 Å². The molecule has 0 aromatic carbocycles. The first kappa shape index (κ1) is 16.9. The van der Waals surface area contributed by atoms with Gasteiger partial charge in [-0.05, 0) is 58.9 Å². The van der Waals surface area contributed by atoms with Gasteiger partial charge in [-0.1, -0.05) is 0 Å². The fraction of sp³-hybridized carbons (Fsp3) is 0.857. The van der Waals surface area contributed by atoms with Crippen LogP contribution in [0.4, 0.5) is 0 Å². The Bertz CT molecular complexity index is 308. The molecule has 6 nitrogen and oxygen atoms in total. The predicted octanol–water partition coefficient (Wildman–Crippen LogP) is 0.572. The molecule has 0 spiro atoms. The van der Waals surface area contributed by atoms with E-state index >= 15 is 0 Å². The van der Waals surface area contributed by atoms with Gasteiger partial charge in [0, 0.05) is 0 Å². The van der Waals surface area contributed by atoms with E-state index in [4.69, 9.17) is 5.11 Å². The average molecular weight is 286 g/mol. The summed E-state index contributed by atoms with van der Waals surface area (Å²) in [6.07, 6.45) is 3.47. The lowest BCUT2D eigenvalue weighted by Crippen LogP contribution is -2.33. The fourth-order valence-corrected chi connectivity index (χ4v) is 2.48. The van der Waals surface area contributed by atoms with Gasteiger partial charge in [0.15, 0.2) is 0 Å². The summed E-state index contributed by atoms with van der Waals surface area (Å²) in [6, 6.07) is 0. The number of nitrogens with zero attached hydrogens (tertiary/aromatic N) is 1. The van der Waals surface area contributed by atoms with Crippen molar-refractivity contribution in [2.75, 3.05) is 40.3 Å². The predicted molar refractivity (Wildman–Crippen MR) is 75.5 cm³/mol. The van der Waals surface area contributed by atoms with Crippen molar-refractivity contribution >= 4 is 11.9 Å². The molecule has 0 bridgehead atoms. The molecular formula is C14H26N2O4. The van der Waals surface area contributed by atoms with E-state index in [0.717, 1.165) is 51.9 Å². The first-order chi connectivity index (χ1) is 9.54. The van der Waals surface area contributed by atoms with Gasteiger partial charge in [0.2, 0.25) is 0 Å². The van der Waals surface area contributed by atoms with Crippen LogP contribution in [-0.2, 0) is 14.3 Å². The lowest BCUT2D eigenvalue weighted by Gasteiger charge is -2.25. The molecule has 0 aromatic heterocycles. The van der Waals surface area contributed by atoms with Crippen molar-refractivity contribution in [3.63, 3.8) is 0 Å².